The summed E-state index contributed by atoms with van der Waals surface area (Å²) in [5.74, 6) is -0.468. The number of ether oxygens (including phenoxy) is 1. The molecule has 0 radical (unpaired) electrons. The minimum atomic E-state index is -0.782. The summed E-state index contributed by atoms with van der Waals surface area (Å²) in [6, 6.07) is -0.696. The van der Waals surface area contributed by atoms with Gasteiger partial charge in [0.05, 0.1) is 25.2 Å². The lowest BCUT2D eigenvalue weighted by Crippen LogP contribution is -2.46. The minimum absolute atomic E-state index is 0.0815. The van der Waals surface area contributed by atoms with Crippen molar-refractivity contribution < 1.29 is 24.5 Å². The second-order valence-electron chi connectivity index (χ2n) is 18.3. The van der Waals surface area contributed by atoms with Crippen LogP contribution in [0.4, 0.5) is 0 Å². The number of carbonyl (C=O) groups excluding carboxylic acids is 2. The van der Waals surface area contributed by atoms with Gasteiger partial charge in [0, 0.05) is 6.42 Å². The lowest BCUT2D eigenvalue weighted by atomic mass is 10.0. The Bertz CT molecular complexity index is 893. The summed E-state index contributed by atoms with van der Waals surface area (Å²) in [6.45, 7) is 6.45. The molecule has 3 N–H and O–H groups in total. The van der Waals surface area contributed by atoms with E-state index in [0.717, 1.165) is 57.8 Å². The fraction of sp³-hybridized carbons (Fsp3) is 0.925. The molecule has 350 valence electrons. The van der Waals surface area contributed by atoms with Crippen LogP contribution in [0.3, 0.4) is 0 Å². The molecule has 0 aliphatic rings. The number of rotatable bonds is 48. The van der Waals surface area contributed by atoms with E-state index in [4.69, 9.17) is 4.74 Å². The molecule has 6 nitrogen and oxygen atoms in total. The van der Waals surface area contributed by atoms with Crippen LogP contribution in [0.5, 0.6) is 0 Å². The second kappa shape index (κ2) is 47.6. The van der Waals surface area contributed by atoms with Crippen LogP contribution in [-0.2, 0) is 14.3 Å². The molecule has 0 rings (SSSR count). The van der Waals surface area contributed by atoms with Crippen LogP contribution in [0.25, 0.3) is 0 Å². The first-order valence-electron chi connectivity index (χ1n) is 26.4. The predicted octanol–water partition coefficient (Wildman–Crippen LogP) is 15.7. The summed E-state index contributed by atoms with van der Waals surface area (Å²) >= 11 is 0. The summed E-state index contributed by atoms with van der Waals surface area (Å²) in [7, 11) is 0. The highest BCUT2D eigenvalue weighted by Gasteiger charge is 2.24. The highest BCUT2D eigenvalue weighted by molar-refractivity contribution is 5.77. The number of amides is 1. The molecule has 0 spiro atoms. The fourth-order valence-corrected chi connectivity index (χ4v) is 8.32. The van der Waals surface area contributed by atoms with Gasteiger partial charge in [-0.05, 0) is 44.9 Å². The molecule has 0 aromatic rings. The lowest BCUT2D eigenvalue weighted by Gasteiger charge is -2.24. The van der Waals surface area contributed by atoms with E-state index in [2.05, 4.69) is 38.2 Å². The van der Waals surface area contributed by atoms with Gasteiger partial charge in [-0.3, -0.25) is 9.59 Å². The molecule has 0 fully saturated rings. The summed E-state index contributed by atoms with van der Waals surface area (Å²) in [6.07, 6.45) is 52.7. The number of aliphatic hydroxyl groups is 2. The van der Waals surface area contributed by atoms with Crippen LogP contribution in [-0.4, -0.2) is 46.9 Å². The van der Waals surface area contributed by atoms with E-state index in [-0.39, 0.29) is 24.9 Å². The molecule has 0 bridgehead atoms. The van der Waals surface area contributed by atoms with Gasteiger partial charge in [0.25, 0.3) is 0 Å². The maximum absolute atomic E-state index is 13.2. The number of aliphatic hydroxyl groups excluding tert-OH is 2. The monoisotopic (exact) mass is 834 g/mol. The van der Waals surface area contributed by atoms with Gasteiger partial charge in [0.1, 0.15) is 6.10 Å². The molecule has 0 saturated heterocycles. The SMILES string of the molecule is CCC/C=C\CCCCCCCC(=O)OC(CCCCCCCCCCCCCCCCCC)CC(=O)NC(CO)C(O)CCCCCCCCCCCCCCCC. The van der Waals surface area contributed by atoms with Gasteiger partial charge in [-0.15, -0.1) is 0 Å². The van der Waals surface area contributed by atoms with E-state index in [1.54, 1.807) is 0 Å². The van der Waals surface area contributed by atoms with E-state index >= 15 is 0 Å². The molecule has 0 aliphatic carbocycles. The third-order valence-corrected chi connectivity index (χ3v) is 12.3. The third-order valence-electron chi connectivity index (χ3n) is 12.3. The Kier molecular flexibility index (Phi) is 46.5. The Morgan fingerprint density at radius 3 is 1.27 bits per heavy atom. The molecule has 6 heteroatoms. The number of esters is 1. The Balaban J connectivity index is 4.49. The van der Waals surface area contributed by atoms with E-state index in [1.165, 1.54) is 186 Å². The van der Waals surface area contributed by atoms with Gasteiger partial charge in [0.2, 0.25) is 5.91 Å². The zero-order chi connectivity index (χ0) is 43.1. The Morgan fingerprint density at radius 2 is 0.847 bits per heavy atom. The van der Waals surface area contributed by atoms with Crippen molar-refractivity contribution in [3.63, 3.8) is 0 Å². The van der Waals surface area contributed by atoms with Crippen molar-refractivity contribution in [2.75, 3.05) is 6.61 Å². The molecule has 59 heavy (non-hydrogen) atoms. The van der Waals surface area contributed by atoms with Crippen molar-refractivity contribution in [1.29, 1.82) is 0 Å². The van der Waals surface area contributed by atoms with Crippen LogP contribution < -0.4 is 5.32 Å². The van der Waals surface area contributed by atoms with Gasteiger partial charge in [-0.25, -0.2) is 0 Å². The van der Waals surface area contributed by atoms with Crippen molar-refractivity contribution in [3.05, 3.63) is 12.2 Å². The number of hydrogen-bond donors (Lipinski definition) is 3. The van der Waals surface area contributed by atoms with Crippen LogP contribution in [0.15, 0.2) is 12.2 Å². The smallest absolute Gasteiger partial charge is 0.306 e. The molecule has 1 amide bonds. The van der Waals surface area contributed by atoms with Crippen LogP contribution in [0.2, 0.25) is 0 Å². The van der Waals surface area contributed by atoms with E-state index in [0.29, 0.717) is 19.3 Å². The van der Waals surface area contributed by atoms with Crippen molar-refractivity contribution in [2.45, 2.75) is 309 Å². The first-order chi connectivity index (χ1) is 29.0. The van der Waals surface area contributed by atoms with Gasteiger partial charge < -0.3 is 20.3 Å². The predicted molar refractivity (Wildman–Crippen MR) is 255 cm³/mol. The highest BCUT2D eigenvalue weighted by atomic mass is 16.5. The number of carbonyl (C=O) groups is 2. The largest absolute Gasteiger partial charge is 0.462 e. The zero-order valence-electron chi connectivity index (χ0n) is 39.9. The van der Waals surface area contributed by atoms with Crippen molar-refractivity contribution in [3.8, 4) is 0 Å². The second-order valence-corrected chi connectivity index (χ2v) is 18.3. The number of hydrogen-bond acceptors (Lipinski definition) is 5. The minimum Gasteiger partial charge on any atom is -0.462 e. The van der Waals surface area contributed by atoms with Crippen molar-refractivity contribution in [2.24, 2.45) is 0 Å². The van der Waals surface area contributed by atoms with Gasteiger partial charge in [-0.1, -0.05) is 245 Å². The molecule has 0 aromatic heterocycles. The molecule has 0 aromatic carbocycles. The quantitative estimate of drug-likeness (QED) is 0.0322. The van der Waals surface area contributed by atoms with Gasteiger partial charge in [0.15, 0.2) is 0 Å². The highest BCUT2D eigenvalue weighted by Crippen LogP contribution is 2.19. The maximum Gasteiger partial charge on any atom is 0.306 e. The summed E-state index contributed by atoms with van der Waals surface area (Å²) < 4.78 is 5.93. The fourth-order valence-electron chi connectivity index (χ4n) is 8.32. The van der Waals surface area contributed by atoms with Crippen molar-refractivity contribution >= 4 is 11.9 Å². The van der Waals surface area contributed by atoms with Crippen LogP contribution >= 0.6 is 0 Å². The zero-order valence-corrected chi connectivity index (χ0v) is 39.9. The van der Waals surface area contributed by atoms with Crippen LogP contribution in [0, 0.1) is 0 Å². The number of unbranched alkanes of at least 4 members (excludes halogenated alkanes) is 34. The number of allylic oxidation sites excluding steroid dienone is 2. The first kappa shape index (κ1) is 57.6. The summed E-state index contributed by atoms with van der Waals surface area (Å²) in [4.78, 5) is 26.1. The maximum atomic E-state index is 13.2. The van der Waals surface area contributed by atoms with Crippen molar-refractivity contribution in [1.82, 2.24) is 5.32 Å². The summed E-state index contributed by atoms with van der Waals surface area (Å²) in [5, 5.41) is 23.8. The molecular weight excluding hydrogens is 731 g/mol. The molecule has 0 saturated carbocycles. The van der Waals surface area contributed by atoms with E-state index in [1.807, 2.05) is 0 Å². The Hall–Kier alpha value is -1.40. The lowest BCUT2D eigenvalue weighted by molar-refractivity contribution is -0.151. The van der Waals surface area contributed by atoms with E-state index in [9.17, 15) is 19.8 Å². The molecule has 0 aliphatic heterocycles. The van der Waals surface area contributed by atoms with Gasteiger partial charge in [-0.2, -0.15) is 0 Å². The Labute approximate surface area is 368 Å². The molecule has 0 heterocycles. The summed E-state index contributed by atoms with van der Waals surface area (Å²) in [5.41, 5.74) is 0. The number of nitrogens with one attached hydrogen (secondary N) is 1. The normalized spacial score (nSPS) is 13.2. The standard InChI is InChI=1S/C53H103NO5/c1-4-7-10-13-16-19-22-24-26-27-28-30-32-35-38-41-44-49(59-53(58)46-43-40-37-34-21-18-15-12-9-6-3)47-52(57)54-50(48-55)51(56)45-42-39-36-33-31-29-25-23-20-17-14-11-8-5-2/h12,15,49-51,55-56H,4-11,13-14,16-48H2,1-3H3,(H,54,57)/b15-12-. The average Bonchev–Trinajstić information content (AvgIpc) is 3.23. The topological polar surface area (TPSA) is 95.9 Å². The van der Waals surface area contributed by atoms with Gasteiger partial charge >= 0.3 is 5.97 Å². The molecule has 3 atom stereocenters. The average molecular weight is 834 g/mol. The molecule has 3 unspecified atom stereocenters. The third kappa shape index (κ3) is 43.1. The first-order valence-corrected chi connectivity index (χ1v) is 26.4. The Morgan fingerprint density at radius 1 is 0.475 bits per heavy atom. The van der Waals surface area contributed by atoms with E-state index < -0.39 is 18.2 Å². The van der Waals surface area contributed by atoms with Crippen LogP contribution in [0.1, 0.15) is 290 Å². The molecular formula is C53H103NO5.